The molecule has 0 bridgehead atoms. The lowest BCUT2D eigenvalue weighted by Gasteiger charge is -2.12. The molecule has 0 fully saturated rings. The monoisotopic (exact) mass is 356 g/mol. The van der Waals surface area contributed by atoms with Gasteiger partial charge in [0.15, 0.2) is 0 Å². The Morgan fingerprint density at radius 2 is 1.96 bits per heavy atom. The molecule has 6 heteroatoms. The zero-order valence-corrected chi connectivity index (χ0v) is 14.9. The largest absolute Gasteiger partial charge is 0.478 e. The standard InChI is InChI=1S/C19H20N2O3S/c1-2-3-4-8-11-21-16(13-9-6-5-7-10-13)20-17-15(18(21)22)14(12-25-17)19(23)24/h5-7,9-10,12H,2-4,8,11H2,1H3,(H,23,24). The first-order valence-electron chi connectivity index (χ1n) is 8.44. The molecule has 5 nitrogen and oxygen atoms in total. The number of thiophene rings is 1. The molecule has 0 saturated carbocycles. The number of nitrogens with zero attached hydrogens (tertiary/aromatic N) is 2. The second-order valence-corrected chi connectivity index (χ2v) is 6.81. The molecule has 1 N–H and O–H groups in total. The Morgan fingerprint density at radius 1 is 1.20 bits per heavy atom. The van der Waals surface area contributed by atoms with Crippen LogP contribution in [0.5, 0.6) is 0 Å². The van der Waals surface area contributed by atoms with Crippen molar-refractivity contribution in [2.24, 2.45) is 0 Å². The van der Waals surface area contributed by atoms with Gasteiger partial charge in [-0.3, -0.25) is 9.36 Å². The summed E-state index contributed by atoms with van der Waals surface area (Å²) in [7, 11) is 0. The lowest BCUT2D eigenvalue weighted by Crippen LogP contribution is -2.24. The van der Waals surface area contributed by atoms with E-state index in [9.17, 15) is 14.7 Å². The van der Waals surface area contributed by atoms with Crippen LogP contribution >= 0.6 is 11.3 Å². The van der Waals surface area contributed by atoms with Crippen LogP contribution in [-0.2, 0) is 6.54 Å². The van der Waals surface area contributed by atoms with Crippen molar-refractivity contribution in [1.29, 1.82) is 0 Å². The number of unbranched alkanes of at least 4 members (excludes halogenated alkanes) is 3. The van der Waals surface area contributed by atoms with Gasteiger partial charge in [-0.2, -0.15) is 0 Å². The smallest absolute Gasteiger partial charge is 0.337 e. The number of aromatic nitrogens is 2. The molecular formula is C19H20N2O3S. The topological polar surface area (TPSA) is 72.2 Å². The summed E-state index contributed by atoms with van der Waals surface area (Å²) < 4.78 is 1.63. The van der Waals surface area contributed by atoms with Crippen molar-refractivity contribution < 1.29 is 9.90 Å². The van der Waals surface area contributed by atoms with Gasteiger partial charge in [0.25, 0.3) is 5.56 Å². The molecule has 3 rings (SSSR count). The van der Waals surface area contributed by atoms with Gasteiger partial charge >= 0.3 is 5.97 Å². The highest BCUT2D eigenvalue weighted by atomic mass is 32.1. The van der Waals surface area contributed by atoms with Crippen molar-refractivity contribution in [3.8, 4) is 11.4 Å². The molecule has 2 aromatic heterocycles. The first-order chi connectivity index (χ1) is 12.1. The lowest BCUT2D eigenvalue weighted by molar-refractivity contribution is 0.0699. The van der Waals surface area contributed by atoms with Crippen molar-refractivity contribution in [1.82, 2.24) is 9.55 Å². The Bertz CT molecular complexity index is 944. The second kappa shape index (κ2) is 7.61. The van der Waals surface area contributed by atoms with Gasteiger partial charge in [-0.1, -0.05) is 56.5 Å². The van der Waals surface area contributed by atoms with Gasteiger partial charge in [0.2, 0.25) is 0 Å². The Labute approximate surface area is 149 Å². The highest BCUT2D eigenvalue weighted by Gasteiger charge is 2.20. The predicted molar refractivity (Wildman–Crippen MR) is 100 cm³/mol. The van der Waals surface area contributed by atoms with Crippen LogP contribution in [0, 0.1) is 0 Å². The fraction of sp³-hybridized carbons (Fsp3) is 0.316. The maximum atomic E-state index is 13.0. The molecule has 0 radical (unpaired) electrons. The van der Waals surface area contributed by atoms with Crippen molar-refractivity contribution >= 4 is 27.5 Å². The average Bonchev–Trinajstić information content (AvgIpc) is 3.05. The highest BCUT2D eigenvalue weighted by molar-refractivity contribution is 7.17. The van der Waals surface area contributed by atoms with E-state index in [0.29, 0.717) is 17.2 Å². The Morgan fingerprint density at radius 3 is 2.64 bits per heavy atom. The van der Waals surface area contributed by atoms with E-state index in [2.05, 4.69) is 11.9 Å². The van der Waals surface area contributed by atoms with Crippen LogP contribution in [0.15, 0.2) is 40.5 Å². The Kier molecular flexibility index (Phi) is 5.28. The zero-order valence-electron chi connectivity index (χ0n) is 14.1. The first kappa shape index (κ1) is 17.4. The van der Waals surface area contributed by atoms with Gasteiger partial charge in [0, 0.05) is 17.5 Å². The van der Waals surface area contributed by atoms with E-state index in [1.54, 1.807) is 4.57 Å². The van der Waals surface area contributed by atoms with Crippen molar-refractivity contribution in [2.45, 2.75) is 39.2 Å². The number of rotatable bonds is 7. The third kappa shape index (κ3) is 3.49. The van der Waals surface area contributed by atoms with E-state index in [-0.39, 0.29) is 16.5 Å². The molecule has 0 amide bonds. The van der Waals surface area contributed by atoms with Gasteiger partial charge in [0.1, 0.15) is 10.7 Å². The third-order valence-electron chi connectivity index (χ3n) is 4.19. The van der Waals surface area contributed by atoms with E-state index < -0.39 is 5.97 Å². The van der Waals surface area contributed by atoms with Gasteiger partial charge in [-0.05, 0) is 6.42 Å². The van der Waals surface area contributed by atoms with Crippen LogP contribution in [0.1, 0.15) is 43.0 Å². The first-order valence-corrected chi connectivity index (χ1v) is 9.32. The summed E-state index contributed by atoms with van der Waals surface area (Å²) in [6, 6.07) is 9.57. The SMILES string of the molecule is CCCCCCn1c(-c2ccccc2)nc2scc(C(=O)O)c2c1=O. The summed E-state index contributed by atoms with van der Waals surface area (Å²) in [6.45, 7) is 2.68. The zero-order chi connectivity index (χ0) is 17.8. The molecule has 0 unspecified atom stereocenters. The molecule has 0 aliphatic carbocycles. The summed E-state index contributed by atoms with van der Waals surface area (Å²) >= 11 is 1.20. The molecule has 0 spiro atoms. The fourth-order valence-corrected chi connectivity index (χ4v) is 3.80. The van der Waals surface area contributed by atoms with Crippen LogP contribution < -0.4 is 5.56 Å². The van der Waals surface area contributed by atoms with Crippen LogP contribution in [0.4, 0.5) is 0 Å². The number of aromatic carboxylic acids is 1. The highest BCUT2D eigenvalue weighted by Crippen LogP contribution is 2.25. The van der Waals surface area contributed by atoms with Crippen molar-refractivity contribution in [3.63, 3.8) is 0 Å². The Balaban J connectivity index is 2.16. The predicted octanol–water partition coefficient (Wildman–Crippen LogP) is 4.40. The summed E-state index contributed by atoms with van der Waals surface area (Å²) in [4.78, 5) is 29.6. The van der Waals surface area contributed by atoms with Crippen molar-refractivity contribution in [2.75, 3.05) is 0 Å². The number of carboxylic acid groups (broad SMARTS) is 1. The molecule has 130 valence electrons. The quantitative estimate of drug-likeness (QED) is 0.637. The van der Waals surface area contributed by atoms with E-state index in [1.165, 1.54) is 16.7 Å². The average molecular weight is 356 g/mol. The minimum atomic E-state index is -1.09. The molecule has 0 atom stereocenters. The van der Waals surface area contributed by atoms with E-state index in [4.69, 9.17) is 0 Å². The number of carboxylic acids is 1. The van der Waals surface area contributed by atoms with Crippen LogP contribution in [0.3, 0.4) is 0 Å². The number of fused-ring (bicyclic) bond motifs is 1. The van der Waals surface area contributed by atoms with Gasteiger partial charge in [-0.25, -0.2) is 9.78 Å². The molecule has 0 saturated heterocycles. The lowest BCUT2D eigenvalue weighted by atomic mass is 10.1. The summed E-state index contributed by atoms with van der Waals surface area (Å²) in [6.07, 6.45) is 4.13. The molecule has 1 aromatic carbocycles. The van der Waals surface area contributed by atoms with E-state index in [0.717, 1.165) is 31.2 Å². The van der Waals surface area contributed by atoms with Gasteiger partial charge in [0.05, 0.1) is 10.9 Å². The number of carbonyl (C=O) groups is 1. The van der Waals surface area contributed by atoms with Gasteiger partial charge < -0.3 is 5.11 Å². The van der Waals surface area contributed by atoms with Gasteiger partial charge in [-0.15, -0.1) is 11.3 Å². The Hall–Kier alpha value is -2.47. The molecular weight excluding hydrogens is 336 g/mol. The maximum absolute atomic E-state index is 13.0. The van der Waals surface area contributed by atoms with E-state index >= 15 is 0 Å². The summed E-state index contributed by atoms with van der Waals surface area (Å²) in [5, 5.41) is 11.1. The molecule has 0 aliphatic heterocycles. The molecule has 25 heavy (non-hydrogen) atoms. The second-order valence-electron chi connectivity index (χ2n) is 5.95. The van der Waals surface area contributed by atoms with Crippen LogP contribution in [-0.4, -0.2) is 20.6 Å². The third-order valence-corrected chi connectivity index (χ3v) is 5.06. The minimum absolute atomic E-state index is 0.0411. The number of benzene rings is 1. The minimum Gasteiger partial charge on any atom is -0.478 e. The van der Waals surface area contributed by atoms with Crippen LogP contribution in [0.2, 0.25) is 0 Å². The molecule has 2 heterocycles. The van der Waals surface area contributed by atoms with Crippen molar-refractivity contribution in [3.05, 3.63) is 51.6 Å². The summed E-state index contributed by atoms with van der Waals surface area (Å²) in [5.41, 5.74) is 0.640. The number of hydrogen-bond acceptors (Lipinski definition) is 4. The molecule has 3 aromatic rings. The number of hydrogen-bond donors (Lipinski definition) is 1. The van der Waals surface area contributed by atoms with E-state index in [1.807, 2.05) is 30.3 Å². The summed E-state index contributed by atoms with van der Waals surface area (Å²) in [5.74, 6) is -0.483. The molecule has 0 aliphatic rings. The van der Waals surface area contributed by atoms with Crippen LogP contribution in [0.25, 0.3) is 21.6 Å². The normalized spacial score (nSPS) is 11.1. The fourth-order valence-electron chi connectivity index (χ4n) is 2.89. The maximum Gasteiger partial charge on any atom is 0.337 e.